The maximum atomic E-state index is 12.6. The number of carbonyl (C=O) groups is 1. The fraction of sp³-hybridized carbons (Fsp3) is 0.160. The molecule has 0 saturated carbocycles. The number of hydrogen-bond donors (Lipinski definition) is 2. The third-order valence-corrected chi connectivity index (χ3v) is 5.36. The van der Waals surface area contributed by atoms with Gasteiger partial charge in [0.1, 0.15) is 18.0 Å². The van der Waals surface area contributed by atoms with Crippen molar-refractivity contribution >= 4 is 34.0 Å². The third-order valence-electron chi connectivity index (χ3n) is 5.36. The van der Waals surface area contributed by atoms with E-state index >= 15 is 0 Å². The average molecular weight is 426 g/mol. The molecule has 2 aromatic heterocycles. The lowest BCUT2D eigenvalue weighted by molar-refractivity contribution is 0.102. The average Bonchev–Trinajstić information content (AvgIpc) is 3.45. The SMILES string of the molecule is COCCOc1ccc2c(c1)CC(c1ccc(C(=O)Nc3cnc4[nH]ccc4c3)cc1)=N2. The van der Waals surface area contributed by atoms with Crippen molar-refractivity contribution in [2.75, 3.05) is 25.6 Å². The Bertz CT molecular complexity index is 1310. The molecule has 4 aromatic rings. The lowest BCUT2D eigenvalue weighted by Crippen LogP contribution is -2.12. The van der Waals surface area contributed by atoms with Crippen molar-refractivity contribution in [2.45, 2.75) is 6.42 Å². The second kappa shape index (κ2) is 8.64. The van der Waals surface area contributed by atoms with E-state index in [1.165, 1.54) is 0 Å². The number of anilines is 1. The topological polar surface area (TPSA) is 88.6 Å². The summed E-state index contributed by atoms with van der Waals surface area (Å²) in [5, 5.41) is 3.85. The molecule has 160 valence electrons. The van der Waals surface area contributed by atoms with Crippen molar-refractivity contribution in [2.24, 2.45) is 4.99 Å². The molecule has 0 radical (unpaired) electrons. The molecular weight excluding hydrogens is 404 g/mol. The predicted octanol–water partition coefficient (Wildman–Crippen LogP) is 4.52. The number of aromatic amines is 1. The Kier molecular flexibility index (Phi) is 5.39. The van der Waals surface area contributed by atoms with Gasteiger partial charge in [-0.25, -0.2) is 4.98 Å². The first-order valence-electron chi connectivity index (χ1n) is 10.4. The summed E-state index contributed by atoms with van der Waals surface area (Å²) >= 11 is 0. The Balaban J connectivity index is 1.25. The van der Waals surface area contributed by atoms with E-state index in [2.05, 4.69) is 15.3 Å². The van der Waals surface area contributed by atoms with Gasteiger partial charge in [0.15, 0.2) is 0 Å². The molecule has 0 unspecified atom stereocenters. The highest BCUT2D eigenvalue weighted by Gasteiger charge is 2.17. The first kappa shape index (κ1) is 20.0. The minimum atomic E-state index is -0.178. The molecule has 2 N–H and O–H groups in total. The van der Waals surface area contributed by atoms with Crippen LogP contribution in [0, 0.1) is 0 Å². The number of methoxy groups -OCH3 is 1. The highest BCUT2D eigenvalue weighted by molar-refractivity contribution is 6.08. The minimum Gasteiger partial charge on any atom is -0.491 e. The van der Waals surface area contributed by atoms with Crippen LogP contribution in [0.25, 0.3) is 11.0 Å². The van der Waals surface area contributed by atoms with Gasteiger partial charge >= 0.3 is 0 Å². The Morgan fingerprint density at radius 3 is 2.81 bits per heavy atom. The number of nitrogens with zero attached hydrogens (tertiary/aromatic N) is 2. The molecule has 32 heavy (non-hydrogen) atoms. The van der Waals surface area contributed by atoms with Crippen LogP contribution in [-0.4, -0.2) is 41.9 Å². The molecule has 1 aliphatic heterocycles. The van der Waals surface area contributed by atoms with Gasteiger partial charge in [-0.05, 0) is 53.6 Å². The number of carbonyl (C=O) groups excluding carboxylic acids is 1. The molecule has 1 aliphatic rings. The summed E-state index contributed by atoms with van der Waals surface area (Å²) in [6.45, 7) is 1.07. The Hall–Kier alpha value is -3.97. The van der Waals surface area contributed by atoms with Crippen molar-refractivity contribution < 1.29 is 14.3 Å². The van der Waals surface area contributed by atoms with E-state index in [0.29, 0.717) is 24.5 Å². The molecular formula is C25H22N4O3. The van der Waals surface area contributed by atoms with Gasteiger partial charge in [0.25, 0.3) is 5.91 Å². The highest BCUT2D eigenvalue weighted by atomic mass is 16.5. The molecule has 2 aromatic carbocycles. The van der Waals surface area contributed by atoms with Gasteiger partial charge in [-0.3, -0.25) is 9.79 Å². The number of pyridine rings is 1. The molecule has 7 nitrogen and oxygen atoms in total. The monoisotopic (exact) mass is 426 g/mol. The standard InChI is InChI=1S/C25H22N4O3/c1-31-10-11-32-21-6-7-22-19(13-21)14-23(29-22)16-2-4-17(5-3-16)25(30)28-20-12-18-8-9-26-24(18)27-15-20/h2-9,12-13,15H,10-11,14H2,1H3,(H,26,27)(H,28,30). The van der Waals surface area contributed by atoms with Gasteiger partial charge in [-0.1, -0.05) is 12.1 Å². The van der Waals surface area contributed by atoms with Crippen LogP contribution < -0.4 is 10.1 Å². The van der Waals surface area contributed by atoms with Crippen LogP contribution in [0.5, 0.6) is 5.75 Å². The van der Waals surface area contributed by atoms with Crippen LogP contribution in [0.2, 0.25) is 0 Å². The minimum absolute atomic E-state index is 0.178. The Labute approximate surface area is 185 Å². The van der Waals surface area contributed by atoms with Crippen LogP contribution in [-0.2, 0) is 11.2 Å². The largest absolute Gasteiger partial charge is 0.491 e. The molecule has 0 aliphatic carbocycles. The first-order valence-corrected chi connectivity index (χ1v) is 10.4. The summed E-state index contributed by atoms with van der Waals surface area (Å²) in [6.07, 6.45) is 4.19. The van der Waals surface area contributed by atoms with Crippen LogP contribution in [0.1, 0.15) is 21.5 Å². The van der Waals surface area contributed by atoms with E-state index in [0.717, 1.165) is 45.7 Å². The summed E-state index contributed by atoms with van der Waals surface area (Å²) < 4.78 is 10.7. The predicted molar refractivity (Wildman–Crippen MR) is 124 cm³/mol. The van der Waals surface area contributed by atoms with Crippen molar-refractivity contribution in [1.29, 1.82) is 0 Å². The number of benzene rings is 2. The second-order valence-corrected chi connectivity index (χ2v) is 7.54. The summed E-state index contributed by atoms with van der Waals surface area (Å²) in [5.74, 6) is 0.638. The van der Waals surface area contributed by atoms with Gasteiger partial charge in [0.2, 0.25) is 0 Å². The molecule has 1 amide bonds. The smallest absolute Gasteiger partial charge is 0.255 e. The fourth-order valence-corrected chi connectivity index (χ4v) is 3.70. The molecule has 0 spiro atoms. The van der Waals surface area contributed by atoms with E-state index in [1.807, 2.05) is 60.8 Å². The van der Waals surface area contributed by atoms with Crippen LogP contribution >= 0.6 is 0 Å². The van der Waals surface area contributed by atoms with Crippen molar-refractivity contribution in [3.8, 4) is 5.75 Å². The molecule has 7 heteroatoms. The van der Waals surface area contributed by atoms with Crippen molar-refractivity contribution in [1.82, 2.24) is 9.97 Å². The van der Waals surface area contributed by atoms with Crippen LogP contribution in [0.4, 0.5) is 11.4 Å². The number of ether oxygens (including phenoxy) is 2. The maximum absolute atomic E-state index is 12.6. The molecule has 0 atom stereocenters. The summed E-state index contributed by atoms with van der Waals surface area (Å²) in [6, 6.07) is 17.2. The number of aromatic nitrogens is 2. The first-order chi connectivity index (χ1) is 15.7. The number of rotatable bonds is 7. The third kappa shape index (κ3) is 4.10. The number of nitrogens with one attached hydrogen (secondary N) is 2. The number of amides is 1. The van der Waals surface area contributed by atoms with Gasteiger partial charge in [0.05, 0.1) is 29.9 Å². The summed E-state index contributed by atoms with van der Waals surface area (Å²) in [7, 11) is 1.65. The van der Waals surface area contributed by atoms with Crippen LogP contribution in [0.3, 0.4) is 0 Å². The highest BCUT2D eigenvalue weighted by Crippen LogP contribution is 2.32. The zero-order valence-corrected chi connectivity index (χ0v) is 17.6. The number of H-pyrrole nitrogens is 1. The van der Waals surface area contributed by atoms with E-state index in [1.54, 1.807) is 13.3 Å². The normalized spacial score (nSPS) is 12.5. The number of hydrogen-bond acceptors (Lipinski definition) is 5. The molecule has 3 heterocycles. The zero-order chi connectivity index (χ0) is 21.9. The molecule has 0 bridgehead atoms. The van der Waals surface area contributed by atoms with Crippen LogP contribution in [0.15, 0.2) is 72.0 Å². The van der Waals surface area contributed by atoms with E-state index < -0.39 is 0 Å². The molecule has 5 rings (SSSR count). The Morgan fingerprint density at radius 1 is 1.09 bits per heavy atom. The molecule has 0 fully saturated rings. The van der Waals surface area contributed by atoms with Gasteiger partial charge in [0, 0.05) is 30.7 Å². The number of fused-ring (bicyclic) bond motifs is 2. The zero-order valence-electron chi connectivity index (χ0n) is 17.6. The quantitative estimate of drug-likeness (QED) is 0.425. The van der Waals surface area contributed by atoms with E-state index in [9.17, 15) is 4.79 Å². The summed E-state index contributed by atoms with van der Waals surface area (Å²) in [4.78, 5) is 24.7. The van der Waals surface area contributed by atoms with Gasteiger partial charge in [-0.15, -0.1) is 0 Å². The summed E-state index contributed by atoms with van der Waals surface area (Å²) in [5.41, 5.74) is 6.08. The van der Waals surface area contributed by atoms with Crippen molar-refractivity contribution in [3.05, 3.63) is 83.7 Å². The molecule has 0 saturated heterocycles. The van der Waals surface area contributed by atoms with Gasteiger partial charge in [-0.2, -0.15) is 0 Å². The maximum Gasteiger partial charge on any atom is 0.255 e. The van der Waals surface area contributed by atoms with E-state index in [-0.39, 0.29) is 5.91 Å². The number of aliphatic imine (C=N–C) groups is 1. The second-order valence-electron chi connectivity index (χ2n) is 7.54. The van der Waals surface area contributed by atoms with Gasteiger partial charge < -0.3 is 19.8 Å². The lowest BCUT2D eigenvalue weighted by Gasteiger charge is -2.07. The lowest BCUT2D eigenvalue weighted by atomic mass is 10.0. The van der Waals surface area contributed by atoms with Crippen molar-refractivity contribution in [3.63, 3.8) is 0 Å². The fourth-order valence-electron chi connectivity index (χ4n) is 3.70. The van der Waals surface area contributed by atoms with E-state index in [4.69, 9.17) is 14.5 Å². The Morgan fingerprint density at radius 2 is 1.97 bits per heavy atom.